The van der Waals surface area contributed by atoms with E-state index in [2.05, 4.69) is 0 Å². The maximum atomic E-state index is 12.4. The zero-order valence-corrected chi connectivity index (χ0v) is 14.7. The summed E-state index contributed by atoms with van der Waals surface area (Å²) in [5, 5.41) is 25.7. The second-order valence-corrected chi connectivity index (χ2v) is 7.06. The third kappa shape index (κ3) is 3.75. The van der Waals surface area contributed by atoms with Gasteiger partial charge in [-0.15, -0.1) is 0 Å². The molecule has 4 aliphatic rings. The standard InChI is InChI=1S/C12H13N3O2.C5H13NO3/c16-9-7-8(13-1-2-13)12(17)11(15-5-6-15)10(9)14-3-4-14;6-1-5(2-7,3-8)4-9/h7H,1-6H2;7-9H,1-4,6H2. The van der Waals surface area contributed by atoms with E-state index in [1.165, 1.54) is 6.08 Å². The van der Waals surface area contributed by atoms with Crippen molar-refractivity contribution in [1.29, 1.82) is 0 Å². The molecule has 1 aliphatic carbocycles. The minimum atomic E-state index is -0.889. The number of rotatable bonds is 7. The maximum Gasteiger partial charge on any atom is 0.227 e. The average Bonchev–Trinajstić information content (AvgIpc) is 3.52. The molecule has 9 nitrogen and oxygen atoms in total. The molecule has 5 N–H and O–H groups in total. The molecule has 144 valence electrons. The van der Waals surface area contributed by atoms with Crippen LogP contribution in [-0.2, 0) is 9.59 Å². The fraction of sp³-hybridized carbons (Fsp3) is 0.647. The Morgan fingerprint density at radius 2 is 1.31 bits per heavy atom. The first-order valence-corrected chi connectivity index (χ1v) is 8.82. The molecule has 0 unspecified atom stereocenters. The summed E-state index contributed by atoms with van der Waals surface area (Å²) in [4.78, 5) is 30.5. The first-order valence-electron chi connectivity index (χ1n) is 8.82. The van der Waals surface area contributed by atoms with Gasteiger partial charge in [0.05, 0.1) is 30.9 Å². The summed E-state index contributed by atoms with van der Waals surface area (Å²) >= 11 is 0. The van der Waals surface area contributed by atoms with Crippen LogP contribution in [0.3, 0.4) is 0 Å². The van der Waals surface area contributed by atoms with Gasteiger partial charge in [-0.25, -0.2) is 0 Å². The molecule has 0 radical (unpaired) electrons. The largest absolute Gasteiger partial charge is 0.396 e. The van der Waals surface area contributed by atoms with Crippen molar-refractivity contribution in [1.82, 2.24) is 14.7 Å². The predicted molar refractivity (Wildman–Crippen MR) is 92.6 cm³/mol. The number of carbonyl (C=O) groups is 2. The number of ketones is 2. The highest BCUT2D eigenvalue weighted by Crippen LogP contribution is 2.33. The molecule has 4 rings (SSSR count). The molecule has 9 heteroatoms. The molecule has 0 amide bonds. The van der Waals surface area contributed by atoms with Crippen LogP contribution in [0, 0.1) is 5.41 Å². The Morgan fingerprint density at radius 1 is 0.846 bits per heavy atom. The van der Waals surface area contributed by atoms with E-state index in [0.717, 1.165) is 39.3 Å². The number of hydrogen-bond donors (Lipinski definition) is 4. The predicted octanol–water partition coefficient (Wildman–Crippen LogP) is -2.91. The van der Waals surface area contributed by atoms with Crippen molar-refractivity contribution in [2.75, 3.05) is 65.6 Å². The Hall–Kier alpha value is -1.94. The van der Waals surface area contributed by atoms with Crippen molar-refractivity contribution < 1.29 is 24.9 Å². The van der Waals surface area contributed by atoms with Crippen LogP contribution in [-0.4, -0.2) is 107 Å². The number of hydrogen-bond acceptors (Lipinski definition) is 9. The number of Topliss-reactive ketones (excluding diaryl/α,β-unsaturated/α-hetero) is 1. The lowest BCUT2D eigenvalue weighted by Crippen LogP contribution is -2.41. The van der Waals surface area contributed by atoms with E-state index in [9.17, 15) is 9.59 Å². The molecule has 0 aromatic carbocycles. The molecule has 0 aromatic rings. The molecule has 3 aliphatic heterocycles. The first kappa shape index (κ1) is 18.8. The second-order valence-electron chi connectivity index (χ2n) is 7.06. The fourth-order valence-electron chi connectivity index (χ4n) is 2.62. The van der Waals surface area contributed by atoms with Crippen LogP contribution < -0.4 is 5.73 Å². The highest BCUT2D eigenvalue weighted by atomic mass is 16.3. The SMILES string of the molecule is NCC(CO)(CO)CO.O=C1C=C(N2CC2)C(=O)C(N2CC2)=C1N1CC1. The van der Waals surface area contributed by atoms with Crippen LogP contribution in [0.15, 0.2) is 23.2 Å². The smallest absolute Gasteiger partial charge is 0.227 e. The fourth-order valence-corrected chi connectivity index (χ4v) is 2.62. The van der Waals surface area contributed by atoms with Gasteiger partial charge in [0, 0.05) is 51.9 Å². The topological polar surface area (TPSA) is 130 Å². The van der Waals surface area contributed by atoms with Gasteiger partial charge in [-0.1, -0.05) is 0 Å². The van der Waals surface area contributed by atoms with Gasteiger partial charge in [0.2, 0.25) is 11.6 Å². The minimum absolute atomic E-state index is 0.00546. The van der Waals surface area contributed by atoms with Crippen LogP contribution in [0.5, 0.6) is 0 Å². The molecule has 3 heterocycles. The van der Waals surface area contributed by atoms with Gasteiger partial charge >= 0.3 is 0 Å². The van der Waals surface area contributed by atoms with Crippen molar-refractivity contribution in [2.45, 2.75) is 0 Å². The van der Waals surface area contributed by atoms with Crippen molar-refractivity contribution in [3.8, 4) is 0 Å². The van der Waals surface area contributed by atoms with Crippen molar-refractivity contribution in [2.24, 2.45) is 11.1 Å². The lowest BCUT2D eigenvalue weighted by Gasteiger charge is -2.24. The number of carbonyl (C=O) groups excluding carboxylic acids is 2. The van der Waals surface area contributed by atoms with E-state index in [1.54, 1.807) is 0 Å². The minimum Gasteiger partial charge on any atom is -0.396 e. The Kier molecular flexibility index (Phi) is 5.33. The summed E-state index contributed by atoms with van der Waals surface area (Å²) in [5.41, 5.74) is 6.16. The number of nitrogens with zero attached hydrogens (tertiary/aromatic N) is 3. The Balaban J connectivity index is 0.000000188. The van der Waals surface area contributed by atoms with E-state index in [1.807, 2.05) is 14.7 Å². The number of nitrogens with two attached hydrogens (primary N) is 1. The van der Waals surface area contributed by atoms with Crippen LogP contribution in [0.4, 0.5) is 0 Å². The quantitative estimate of drug-likeness (QED) is 0.277. The summed E-state index contributed by atoms with van der Waals surface area (Å²) < 4.78 is 0. The summed E-state index contributed by atoms with van der Waals surface area (Å²) in [6.07, 6.45) is 1.52. The van der Waals surface area contributed by atoms with E-state index in [0.29, 0.717) is 17.1 Å². The molecule has 26 heavy (non-hydrogen) atoms. The number of aliphatic hydroxyl groups is 3. The Bertz CT molecular complexity index is 626. The molecule has 0 atom stereocenters. The third-order valence-corrected chi connectivity index (χ3v) is 4.93. The molecule has 0 aromatic heterocycles. The van der Waals surface area contributed by atoms with E-state index in [4.69, 9.17) is 21.1 Å². The van der Waals surface area contributed by atoms with E-state index >= 15 is 0 Å². The maximum absolute atomic E-state index is 12.4. The van der Waals surface area contributed by atoms with Gasteiger partial charge in [0.25, 0.3) is 0 Å². The number of allylic oxidation sites excluding steroid dienone is 1. The molecule has 0 spiro atoms. The first-order chi connectivity index (χ1) is 12.5. The van der Waals surface area contributed by atoms with Gasteiger partial charge in [0.15, 0.2) is 0 Å². The van der Waals surface area contributed by atoms with Crippen LogP contribution in [0.2, 0.25) is 0 Å². The van der Waals surface area contributed by atoms with E-state index in [-0.39, 0.29) is 37.9 Å². The summed E-state index contributed by atoms with van der Waals surface area (Å²) in [5.74, 6) is 0.0485. The molecular formula is C17H26N4O5. The van der Waals surface area contributed by atoms with Gasteiger partial charge in [0.1, 0.15) is 11.4 Å². The Morgan fingerprint density at radius 3 is 1.65 bits per heavy atom. The third-order valence-electron chi connectivity index (χ3n) is 4.93. The molecule has 3 saturated heterocycles. The average molecular weight is 366 g/mol. The molecule has 0 bridgehead atoms. The normalized spacial score (nSPS) is 21.5. The van der Waals surface area contributed by atoms with Crippen molar-refractivity contribution in [3.05, 3.63) is 23.2 Å². The highest BCUT2D eigenvalue weighted by Gasteiger charge is 2.43. The van der Waals surface area contributed by atoms with Gasteiger partial charge < -0.3 is 35.8 Å². The van der Waals surface area contributed by atoms with Crippen LogP contribution >= 0.6 is 0 Å². The Labute approximate surface area is 152 Å². The molecule has 0 saturated carbocycles. The lowest BCUT2D eigenvalue weighted by molar-refractivity contribution is -0.117. The summed E-state index contributed by atoms with van der Waals surface area (Å²) in [7, 11) is 0. The zero-order valence-electron chi connectivity index (χ0n) is 14.7. The van der Waals surface area contributed by atoms with Crippen molar-refractivity contribution >= 4 is 11.6 Å². The van der Waals surface area contributed by atoms with Gasteiger partial charge in [-0.2, -0.15) is 0 Å². The summed E-state index contributed by atoms with van der Waals surface area (Å²) in [6.45, 7) is 4.66. The van der Waals surface area contributed by atoms with Crippen LogP contribution in [0.1, 0.15) is 0 Å². The number of aliphatic hydroxyl groups excluding tert-OH is 3. The molecule has 3 fully saturated rings. The van der Waals surface area contributed by atoms with Gasteiger partial charge in [-0.05, 0) is 0 Å². The van der Waals surface area contributed by atoms with Gasteiger partial charge in [-0.3, -0.25) is 9.59 Å². The summed E-state index contributed by atoms with van der Waals surface area (Å²) in [6, 6.07) is 0. The molecular weight excluding hydrogens is 340 g/mol. The van der Waals surface area contributed by atoms with Crippen LogP contribution in [0.25, 0.3) is 0 Å². The monoisotopic (exact) mass is 366 g/mol. The highest BCUT2D eigenvalue weighted by molar-refractivity contribution is 6.22. The second kappa shape index (κ2) is 7.36. The van der Waals surface area contributed by atoms with E-state index < -0.39 is 5.41 Å². The zero-order chi connectivity index (χ0) is 18.9. The lowest BCUT2D eigenvalue weighted by atomic mass is 9.92. The van der Waals surface area contributed by atoms with Crippen molar-refractivity contribution in [3.63, 3.8) is 0 Å².